The first kappa shape index (κ1) is 33.1. The molecule has 0 N–H and O–H groups in total. The molecule has 0 saturated heterocycles. The van der Waals surface area contributed by atoms with Gasteiger partial charge in [-0.2, -0.15) is 0 Å². The van der Waals surface area contributed by atoms with Gasteiger partial charge in [0.05, 0.1) is 11.1 Å². The highest BCUT2D eigenvalue weighted by Crippen LogP contribution is 2.34. The van der Waals surface area contributed by atoms with Crippen LogP contribution in [0.15, 0.2) is 104 Å². The first-order valence-corrected chi connectivity index (χ1v) is 13.3. The lowest BCUT2D eigenvalue weighted by molar-refractivity contribution is -0.130. The number of hydrogen-bond donors (Lipinski definition) is 0. The zero-order valence-corrected chi connectivity index (χ0v) is 24.9. The van der Waals surface area contributed by atoms with Crippen LogP contribution in [0.5, 0.6) is 23.0 Å². The monoisotopic (exact) mass is 600 g/mol. The first-order chi connectivity index (χ1) is 21.4. The SMILES string of the molecule is C=CC(=O)Oc1cc(C#Cc2ccc(OC(=O)C(=C)C)cc2)c(OC(=O)C=C)c(C)c1C#Cc1ccc(OC(=O)C(=C)C)cc1. The third-order valence-corrected chi connectivity index (χ3v) is 5.73. The molecule has 0 fully saturated rings. The van der Waals surface area contributed by atoms with Crippen molar-refractivity contribution in [2.24, 2.45) is 0 Å². The Hall–Kier alpha value is -6.38. The predicted molar refractivity (Wildman–Crippen MR) is 169 cm³/mol. The maximum Gasteiger partial charge on any atom is 0.338 e. The van der Waals surface area contributed by atoms with Gasteiger partial charge in [-0.25, -0.2) is 19.2 Å². The standard InChI is InChI=1S/C37H28O8/c1-8-33(38)44-32-22-28(16-10-26-11-17-29(18-12-26)42-36(40)23(3)4)35(45-34(39)9-2)25(7)31(32)21-15-27-13-19-30(20-14-27)43-37(41)24(5)6/h8-9,11-14,17-20,22H,1-3,5H2,4,6-7H3. The summed E-state index contributed by atoms with van der Waals surface area (Å²) in [4.78, 5) is 48.1. The summed E-state index contributed by atoms with van der Waals surface area (Å²) in [5.74, 6) is 10.0. The number of carbonyl (C=O) groups excluding carboxylic acids is 4. The van der Waals surface area contributed by atoms with Crippen LogP contribution in [0.2, 0.25) is 0 Å². The van der Waals surface area contributed by atoms with Crippen molar-refractivity contribution in [1.82, 2.24) is 0 Å². The van der Waals surface area contributed by atoms with Crippen LogP contribution in [0.25, 0.3) is 0 Å². The largest absolute Gasteiger partial charge is 0.423 e. The minimum absolute atomic E-state index is 0.0571. The summed E-state index contributed by atoms with van der Waals surface area (Å²) < 4.78 is 21.4. The Kier molecular flexibility index (Phi) is 11.2. The third-order valence-electron chi connectivity index (χ3n) is 5.73. The van der Waals surface area contributed by atoms with Gasteiger partial charge in [0.1, 0.15) is 17.2 Å². The normalized spacial score (nSPS) is 9.58. The molecule has 45 heavy (non-hydrogen) atoms. The molecule has 0 radical (unpaired) electrons. The van der Waals surface area contributed by atoms with Gasteiger partial charge in [0.15, 0.2) is 5.75 Å². The molecule has 0 aliphatic heterocycles. The predicted octanol–water partition coefficient (Wildman–Crippen LogP) is 5.94. The summed E-state index contributed by atoms with van der Waals surface area (Å²) in [5.41, 5.74) is 2.47. The van der Waals surface area contributed by atoms with E-state index < -0.39 is 23.9 Å². The van der Waals surface area contributed by atoms with Gasteiger partial charge < -0.3 is 18.9 Å². The van der Waals surface area contributed by atoms with Crippen molar-refractivity contribution in [2.75, 3.05) is 0 Å². The van der Waals surface area contributed by atoms with Crippen molar-refractivity contribution in [3.8, 4) is 46.7 Å². The third kappa shape index (κ3) is 9.31. The van der Waals surface area contributed by atoms with Crippen LogP contribution in [0.1, 0.15) is 41.7 Å². The molecule has 224 valence electrons. The van der Waals surface area contributed by atoms with Gasteiger partial charge in [-0.3, -0.25) is 0 Å². The molecule has 3 aromatic carbocycles. The van der Waals surface area contributed by atoms with Crippen LogP contribution in [0, 0.1) is 30.6 Å². The number of hydrogen-bond acceptors (Lipinski definition) is 8. The van der Waals surface area contributed by atoms with E-state index in [2.05, 4.69) is 50.0 Å². The second kappa shape index (κ2) is 15.2. The lowest BCUT2D eigenvalue weighted by atomic mass is 10.0. The molecule has 8 heteroatoms. The van der Waals surface area contributed by atoms with E-state index in [-0.39, 0.29) is 33.8 Å². The zero-order chi connectivity index (χ0) is 33.1. The Morgan fingerprint density at radius 3 is 1.53 bits per heavy atom. The molecule has 8 nitrogen and oxygen atoms in total. The molecule has 0 heterocycles. The van der Waals surface area contributed by atoms with Crippen molar-refractivity contribution in [3.63, 3.8) is 0 Å². The summed E-state index contributed by atoms with van der Waals surface area (Å²) in [7, 11) is 0. The zero-order valence-electron chi connectivity index (χ0n) is 24.9. The molecule has 0 unspecified atom stereocenters. The van der Waals surface area contributed by atoms with Gasteiger partial charge >= 0.3 is 23.9 Å². The smallest absolute Gasteiger partial charge is 0.338 e. The Bertz CT molecular complexity index is 1850. The minimum atomic E-state index is -0.740. The summed E-state index contributed by atoms with van der Waals surface area (Å²) >= 11 is 0. The van der Waals surface area contributed by atoms with Crippen LogP contribution in [-0.4, -0.2) is 23.9 Å². The average molecular weight is 601 g/mol. The van der Waals surface area contributed by atoms with Gasteiger partial charge in [-0.15, -0.1) is 0 Å². The number of benzene rings is 3. The molecule has 0 aromatic heterocycles. The molecule has 0 atom stereocenters. The summed E-state index contributed by atoms with van der Waals surface area (Å²) in [6.45, 7) is 18.7. The molecular weight excluding hydrogens is 572 g/mol. The number of ether oxygens (including phenoxy) is 4. The van der Waals surface area contributed by atoms with Gasteiger partial charge in [-0.05, 0) is 69.3 Å². The molecule has 0 bridgehead atoms. The maximum absolute atomic E-state index is 12.3. The molecule has 3 aromatic rings. The molecule has 0 amide bonds. The summed E-state index contributed by atoms with van der Waals surface area (Å²) in [6.07, 6.45) is 2.00. The van der Waals surface area contributed by atoms with Crippen LogP contribution >= 0.6 is 0 Å². The van der Waals surface area contributed by atoms with E-state index in [4.69, 9.17) is 18.9 Å². The Morgan fingerprint density at radius 1 is 0.644 bits per heavy atom. The van der Waals surface area contributed by atoms with Crippen LogP contribution in [-0.2, 0) is 19.2 Å². The van der Waals surface area contributed by atoms with Crippen LogP contribution < -0.4 is 18.9 Å². The van der Waals surface area contributed by atoms with E-state index in [1.54, 1.807) is 69.3 Å². The van der Waals surface area contributed by atoms with Crippen molar-refractivity contribution < 1.29 is 38.1 Å². The van der Waals surface area contributed by atoms with Crippen molar-refractivity contribution in [2.45, 2.75) is 20.8 Å². The molecule has 0 saturated carbocycles. The number of rotatable bonds is 8. The Labute approximate surface area is 261 Å². The molecule has 0 spiro atoms. The number of esters is 4. The van der Waals surface area contributed by atoms with E-state index in [0.29, 0.717) is 28.2 Å². The molecular formula is C37H28O8. The first-order valence-electron chi connectivity index (χ1n) is 13.3. The summed E-state index contributed by atoms with van der Waals surface area (Å²) in [5, 5.41) is 0. The van der Waals surface area contributed by atoms with E-state index in [1.165, 1.54) is 6.07 Å². The fourth-order valence-corrected chi connectivity index (χ4v) is 3.40. The highest BCUT2D eigenvalue weighted by molar-refractivity contribution is 5.89. The number of carbonyl (C=O) groups is 4. The van der Waals surface area contributed by atoms with Gasteiger partial charge in [0.2, 0.25) is 0 Å². The minimum Gasteiger partial charge on any atom is -0.423 e. The van der Waals surface area contributed by atoms with Crippen molar-refractivity contribution >= 4 is 23.9 Å². The fraction of sp³-hybridized carbons (Fsp3) is 0.0811. The van der Waals surface area contributed by atoms with E-state index in [0.717, 1.165) is 12.2 Å². The van der Waals surface area contributed by atoms with E-state index >= 15 is 0 Å². The highest BCUT2D eigenvalue weighted by Gasteiger charge is 2.19. The average Bonchev–Trinajstić information content (AvgIpc) is 3.02. The fourth-order valence-electron chi connectivity index (χ4n) is 3.40. The Balaban J connectivity index is 2.07. The topological polar surface area (TPSA) is 105 Å². The van der Waals surface area contributed by atoms with E-state index in [1.807, 2.05) is 0 Å². The quantitative estimate of drug-likeness (QED) is 0.135. The van der Waals surface area contributed by atoms with Crippen molar-refractivity contribution in [3.05, 3.63) is 132 Å². The molecule has 0 aliphatic rings. The molecule has 3 rings (SSSR count). The van der Waals surface area contributed by atoms with Crippen molar-refractivity contribution in [1.29, 1.82) is 0 Å². The maximum atomic E-state index is 12.3. The Morgan fingerprint density at radius 2 is 1.09 bits per heavy atom. The second-order valence-corrected chi connectivity index (χ2v) is 9.39. The highest BCUT2D eigenvalue weighted by atomic mass is 16.5. The van der Waals surface area contributed by atoms with Gasteiger partial charge in [0.25, 0.3) is 0 Å². The summed E-state index contributed by atoms with van der Waals surface area (Å²) in [6, 6.07) is 14.3. The lowest BCUT2D eigenvalue weighted by Crippen LogP contribution is -2.10. The molecule has 0 aliphatic carbocycles. The second-order valence-electron chi connectivity index (χ2n) is 9.39. The van der Waals surface area contributed by atoms with Crippen LogP contribution in [0.4, 0.5) is 0 Å². The lowest BCUT2D eigenvalue weighted by Gasteiger charge is -2.14. The van der Waals surface area contributed by atoms with E-state index in [9.17, 15) is 19.2 Å². The van der Waals surface area contributed by atoms with Crippen LogP contribution in [0.3, 0.4) is 0 Å². The van der Waals surface area contributed by atoms with Gasteiger partial charge in [0, 0.05) is 46.1 Å². The van der Waals surface area contributed by atoms with Gasteiger partial charge in [-0.1, -0.05) is 50.0 Å².